The molecule has 7 heterocycles. The molecule has 28 aromatic rings. The average molecular weight is 1700 g/mol. The number of aryl methyl sites for hydroxylation is 7. The molecule has 0 aliphatic heterocycles. The maximum atomic E-state index is 2.36. The van der Waals surface area contributed by atoms with Gasteiger partial charge in [-0.3, -0.25) is 0 Å². The molecule has 0 unspecified atom stereocenters. The summed E-state index contributed by atoms with van der Waals surface area (Å²) in [5.74, 6) is 0. The minimum Gasteiger partial charge on any atom is -0.344 e. The normalized spacial score (nSPS) is 12.0. The first-order valence-corrected chi connectivity index (χ1v) is 45.9. The molecule has 2 aliphatic rings. The van der Waals surface area contributed by atoms with Crippen molar-refractivity contribution in [3.8, 4) is 22.3 Å². The molecular weight excluding hydrogens is 1600 g/mol. The molecule has 0 saturated heterocycles. The summed E-state index contributed by atoms with van der Waals surface area (Å²) in [7, 11) is 15.1. The lowest BCUT2D eigenvalue weighted by Crippen LogP contribution is -1.91. The first-order chi connectivity index (χ1) is 65.0. The molecule has 630 valence electrons. The Morgan fingerprint density at radius 2 is 0.455 bits per heavy atom. The number of hydrogen-bond acceptors (Lipinski definition) is 0. The van der Waals surface area contributed by atoms with E-state index in [0.29, 0.717) is 0 Å². The third kappa shape index (κ3) is 12.8. The van der Waals surface area contributed by atoms with Crippen molar-refractivity contribution in [2.45, 2.75) is 12.8 Å². The van der Waals surface area contributed by atoms with Crippen LogP contribution in [0.2, 0.25) is 0 Å². The van der Waals surface area contributed by atoms with Gasteiger partial charge < -0.3 is 32.0 Å². The number of benzene rings is 21. The van der Waals surface area contributed by atoms with Crippen LogP contribution < -0.4 is 0 Å². The standard InChI is InChI=1S/C21H15N.2C20H15N.3C17H13N.C13H11N/c1-22-20-16-8-4-2-6-14(16)10-12-18(20)19-13-11-15-7-3-5-9-17(15)21(19)22;1-21-18-9-5-4-8-16(18)17-11-10-14-12-13-6-2-3-7-15(13)19(14)20(17)21;1-21-19-9-5-4-8-16(19)17-11-10-15-14-7-3-2-6-13(14)12-18(15)20(17)21;1-18-16-9-5-4-8-14(16)15-10-12-6-2-3-7-13(12)11-17(15)18;1-18-16-9-5-4-8-14(16)15-11-10-12-6-2-3-7-13(12)17(15)18;1-18-15-9-5-4-8-14(15)17-13-7-3-2-6-12(13)10-11-16(17)18;1-14-12-8-4-2-6-10(12)11-7-3-5-9-13(11)14/h2-13H,1H3;2*2-11H,12H2,1H3;3*2-11H,1H3;2-9H,1H3. The predicted molar refractivity (Wildman–Crippen MR) is 567 cm³/mol. The molecule has 7 heteroatoms. The van der Waals surface area contributed by atoms with E-state index in [1.165, 1.54) is 251 Å². The van der Waals surface area contributed by atoms with Crippen molar-refractivity contribution >= 4 is 207 Å². The number of aromatic nitrogens is 7. The van der Waals surface area contributed by atoms with Gasteiger partial charge in [0.2, 0.25) is 0 Å². The van der Waals surface area contributed by atoms with Crippen LogP contribution >= 0.6 is 0 Å². The number of hydrogen-bond donors (Lipinski definition) is 0. The molecule has 0 radical (unpaired) electrons. The lowest BCUT2D eigenvalue weighted by Gasteiger charge is -2.06. The van der Waals surface area contributed by atoms with Crippen LogP contribution in [0.1, 0.15) is 22.3 Å². The van der Waals surface area contributed by atoms with Crippen LogP contribution in [0.25, 0.3) is 229 Å². The zero-order chi connectivity index (χ0) is 88.5. The van der Waals surface area contributed by atoms with Gasteiger partial charge in [-0.1, -0.05) is 364 Å². The maximum Gasteiger partial charge on any atom is 0.0571 e. The Hall–Kier alpha value is -16.5. The van der Waals surface area contributed by atoms with E-state index in [4.69, 9.17) is 0 Å². The number of fused-ring (bicyclic) bond motifs is 38. The van der Waals surface area contributed by atoms with E-state index in [1.54, 1.807) is 0 Å². The minimum atomic E-state index is 1.05. The second-order valence-electron chi connectivity index (χ2n) is 35.6. The van der Waals surface area contributed by atoms with Gasteiger partial charge in [0.1, 0.15) is 0 Å². The Labute approximate surface area is 764 Å². The fourth-order valence-corrected chi connectivity index (χ4v) is 22.4. The van der Waals surface area contributed by atoms with Crippen molar-refractivity contribution in [3.05, 3.63) is 447 Å². The molecule has 0 bridgehead atoms. The third-order valence-corrected chi connectivity index (χ3v) is 28.6. The summed E-state index contributed by atoms with van der Waals surface area (Å²) < 4.78 is 16.2. The topological polar surface area (TPSA) is 34.5 Å². The van der Waals surface area contributed by atoms with Crippen molar-refractivity contribution < 1.29 is 0 Å². The summed E-state index contributed by atoms with van der Waals surface area (Å²) in [6.07, 6.45) is 2.11. The quantitative estimate of drug-likeness (QED) is 0.145. The molecule has 0 atom stereocenters. The van der Waals surface area contributed by atoms with Crippen LogP contribution in [-0.2, 0) is 62.2 Å². The summed E-state index contributed by atoms with van der Waals surface area (Å²) in [5.41, 5.74) is 29.9. The lowest BCUT2D eigenvalue weighted by atomic mass is 10.0. The first kappa shape index (κ1) is 79.0. The third-order valence-electron chi connectivity index (χ3n) is 28.6. The van der Waals surface area contributed by atoms with Crippen LogP contribution in [0, 0.1) is 0 Å². The molecule has 0 amide bonds. The van der Waals surface area contributed by atoms with Gasteiger partial charge in [-0.05, 0) is 144 Å². The molecule has 0 spiro atoms. The number of nitrogens with zero attached hydrogens (tertiary/aromatic N) is 7. The molecule has 0 N–H and O–H groups in total. The molecule has 2 aliphatic carbocycles. The van der Waals surface area contributed by atoms with E-state index < -0.39 is 0 Å². The van der Waals surface area contributed by atoms with Gasteiger partial charge in [-0.2, -0.15) is 0 Å². The zero-order valence-corrected chi connectivity index (χ0v) is 75.0. The van der Waals surface area contributed by atoms with E-state index >= 15 is 0 Å². The molecular formula is C125H95N7. The van der Waals surface area contributed by atoms with Crippen LogP contribution in [0.3, 0.4) is 0 Å². The van der Waals surface area contributed by atoms with E-state index in [-0.39, 0.29) is 0 Å². The van der Waals surface area contributed by atoms with Crippen LogP contribution in [0.15, 0.2) is 425 Å². The Morgan fingerprint density at radius 1 is 0.152 bits per heavy atom. The summed E-state index contributed by atoms with van der Waals surface area (Å²) in [5, 5.41) is 32.0. The van der Waals surface area contributed by atoms with Gasteiger partial charge in [0.15, 0.2) is 0 Å². The van der Waals surface area contributed by atoms with E-state index in [2.05, 4.69) is 506 Å². The lowest BCUT2D eigenvalue weighted by molar-refractivity contribution is 1.00. The average Bonchev–Trinajstić information content (AvgIpc) is 1.57. The SMILES string of the molecule is Cn1c2c3ccccc3ccc2c2ccc3ccccc3c21.Cn1c2ccccc2c2c3ccccc3ccc21.Cn1c2ccccc2c2cc3ccccc3cc21.Cn1c2ccccc2c2ccc3c(c21)-c1ccccc1C3.Cn1c2ccccc2c2ccc3c(c21)Cc1ccccc1-3.Cn1c2ccccc2c2ccc3ccccc3c21.Cn1c2ccccc2c2ccccc21. The Balaban J connectivity index is 0.0000000853. The molecule has 132 heavy (non-hydrogen) atoms. The van der Waals surface area contributed by atoms with Crippen molar-refractivity contribution in [2.75, 3.05) is 0 Å². The molecule has 7 aromatic heterocycles. The fraction of sp³-hybridized carbons (Fsp3) is 0.0720. The Bertz CT molecular complexity index is 9360. The van der Waals surface area contributed by atoms with Crippen molar-refractivity contribution in [2.24, 2.45) is 49.3 Å². The largest absolute Gasteiger partial charge is 0.344 e. The molecule has 7 nitrogen and oxygen atoms in total. The van der Waals surface area contributed by atoms with Gasteiger partial charge in [-0.25, -0.2) is 0 Å². The summed E-state index contributed by atoms with van der Waals surface area (Å²) in [6.45, 7) is 0. The van der Waals surface area contributed by atoms with Gasteiger partial charge in [0.25, 0.3) is 0 Å². The summed E-state index contributed by atoms with van der Waals surface area (Å²) in [6, 6.07) is 152. The van der Waals surface area contributed by atoms with E-state index in [1.807, 2.05) is 0 Å². The highest BCUT2D eigenvalue weighted by Crippen LogP contribution is 2.47. The van der Waals surface area contributed by atoms with Gasteiger partial charge in [0, 0.05) is 203 Å². The van der Waals surface area contributed by atoms with Gasteiger partial charge >= 0.3 is 0 Å². The number of rotatable bonds is 0. The van der Waals surface area contributed by atoms with E-state index in [9.17, 15) is 0 Å². The summed E-state index contributed by atoms with van der Waals surface area (Å²) >= 11 is 0. The van der Waals surface area contributed by atoms with Gasteiger partial charge in [-0.15, -0.1) is 0 Å². The van der Waals surface area contributed by atoms with Crippen LogP contribution in [-0.4, -0.2) is 32.0 Å². The van der Waals surface area contributed by atoms with Crippen LogP contribution in [0.4, 0.5) is 0 Å². The van der Waals surface area contributed by atoms with E-state index in [0.717, 1.165) is 12.8 Å². The maximum absolute atomic E-state index is 2.36. The van der Waals surface area contributed by atoms with Gasteiger partial charge in [0.05, 0.1) is 27.6 Å². The monoisotopic (exact) mass is 1690 g/mol. The fourth-order valence-electron chi connectivity index (χ4n) is 22.4. The number of para-hydroxylation sites is 7. The highest BCUT2D eigenvalue weighted by Gasteiger charge is 2.26. The van der Waals surface area contributed by atoms with Crippen molar-refractivity contribution in [3.63, 3.8) is 0 Å². The zero-order valence-electron chi connectivity index (χ0n) is 75.0. The Kier molecular flexibility index (Phi) is 19.2. The summed E-state index contributed by atoms with van der Waals surface area (Å²) in [4.78, 5) is 0. The first-order valence-electron chi connectivity index (χ1n) is 45.9. The Morgan fingerprint density at radius 3 is 0.962 bits per heavy atom. The molecule has 0 fully saturated rings. The highest BCUT2D eigenvalue weighted by molar-refractivity contribution is 6.25. The second-order valence-corrected chi connectivity index (χ2v) is 35.6. The van der Waals surface area contributed by atoms with Crippen molar-refractivity contribution in [1.82, 2.24) is 32.0 Å². The van der Waals surface area contributed by atoms with Crippen LogP contribution in [0.5, 0.6) is 0 Å². The molecule has 30 rings (SSSR count). The second kappa shape index (κ2) is 32.1. The van der Waals surface area contributed by atoms with Crippen molar-refractivity contribution in [1.29, 1.82) is 0 Å². The molecule has 0 saturated carbocycles. The predicted octanol–water partition coefficient (Wildman–Crippen LogP) is 32.2. The highest BCUT2D eigenvalue weighted by atomic mass is 15.0. The minimum absolute atomic E-state index is 1.05. The smallest absolute Gasteiger partial charge is 0.0571 e. The molecule has 21 aromatic carbocycles.